The maximum Gasteiger partial charge on any atom is 0.317 e. The molecule has 0 saturated heterocycles. The van der Waals surface area contributed by atoms with Gasteiger partial charge in [-0.05, 0) is 42.2 Å². The molecule has 0 radical (unpaired) electrons. The van der Waals surface area contributed by atoms with Crippen LogP contribution in [0.15, 0.2) is 48.5 Å². The molecule has 0 bridgehead atoms. The maximum atomic E-state index is 12.2. The van der Waals surface area contributed by atoms with Crippen molar-refractivity contribution in [1.82, 2.24) is 10.2 Å². The average molecular weight is 339 g/mol. The third-order valence-corrected chi connectivity index (χ3v) is 3.98. The number of aryl methyl sites for hydroxylation is 1. The van der Waals surface area contributed by atoms with Gasteiger partial charge in [0.05, 0.1) is 0 Å². The van der Waals surface area contributed by atoms with E-state index in [1.165, 1.54) is 12.5 Å². The summed E-state index contributed by atoms with van der Waals surface area (Å²) in [6.45, 7) is 4.68. The van der Waals surface area contributed by atoms with Crippen molar-refractivity contribution in [3.8, 4) is 0 Å². The largest absolute Gasteiger partial charge is 0.338 e. The molecular formula is C20H25N3O2. The van der Waals surface area contributed by atoms with Crippen LogP contribution in [0.2, 0.25) is 0 Å². The van der Waals surface area contributed by atoms with Gasteiger partial charge in [-0.1, -0.05) is 36.4 Å². The van der Waals surface area contributed by atoms with E-state index >= 15 is 0 Å². The van der Waals surface area contributed by atoms with Gasteiger partial charge in [-0.3, -0.25) is 4.79 Å². The number of urea groups is 1. The van der Waals surface area contributed by atoms with Gasteiger partial charge in [-0.15, -0.1) is 0 Å². The molecule has 2 aromatic carbocycles. The van der Waals surface area contributed by atoms with Crippen LogP contribution < -0.4 is 10.6 Å². The van der Waals surface area contributed by atoms with E-state index in [1.807, 2.05) is 55.5 Å². The van der Waals surface area contributed by atoms with Crippen LogP contribution in [0.25, 0.3) is 0 Å². The van der Waals surface area contributed by atoms with Crippen LogP contribution in [-0.2, 0) is 17.8 Å². The molecule has 25 heavy (non-hydrogen) atoms. The first-order valence-electron chi connectivity index (χ1n) is 8.35. The smallest absolute Gasteiger partial charge is 0.317 e. The zero-order valence-electron chi connectivity index (χ0n) is 15.0. The molecule has 0 atom stereocenters. The number of hydrogen-bond donors (Lipinski definition) is 2. The summed E-state index contributed by atoms with van der Waals surface area (Å²) < 4.78 is 0. The molecule has 2 aromatic rings. The van der Waals surface area contributed by atoms with Crippen LogP contribution >= 0.6 is 0 Å². The van der Waals surface area contributed by atoms with Crippen LogP contribution in [0.1, 0.15) is 23.6 Å². The van der Waals surface area contributed by atoms with E-state index in [1.54, 1.807) is 11.9 Å². The van der Waals surface area contributed by atoms with Gasteiger partial charge in [0.15, 0.2) is 0 Å². The molecule has 0 aliphatic heterocycles. The lowest BCUT2D eigenvalue weighted by Crippen LogP contribution is -2.37. The minimum Gasteiger partial charge on any atom is -0.338 e. The van der Waals surface area contributed by atoms with Crippen LogP contribution in [0.5, 0.6) is 0 Å². The first-order chi connectivity index (χ1) is 12.0. The van der Waals surface area contributed by atoms with E-state index in [9.17, 15) is 9.59 Å². The molecular weight excluding hydrogens is 314 g/mol. The summed E-state index contributed by atoms with van der Waals surface area (Å²) in [5.74, 6) is -0.0864. The Bertz CT molecular complexity index is 726. The average Bonchev–Trinajstić information content (AvgIpc) is 2.58. The van der Waals surface area contributed by atoms with Crippen LogP contribution in [-0.4, -0.2) is 30.4 Å². The Hall–Kier alpha value is -2.82. The Morgan fingerprint density at radius 1 is 1.04 bits per heavy atom. The number of carbonyl (C=O) groups is 2. The van der Waals surface area contributed by atoms with Crippen LogP contribution in [0.4, 0.5) is 10.5 Å². The number of anilines is 1. The summed E-state index contributed by atoms with van der Waals surface area (Å²) in [5.41, 5.74) is 4.21. The van der Waals surface area contributed by atoms with E-state index < -0.39 is 0 Å². The summed E-state index contributed by atoms with van der Waals surface area (Å²) in [6, 6.07) is 15.6. The Labute approximate surface area is 149 Å². The van der Waals surface area contributed by atoms with Crippen molar-refractivity contribution < 1.29 is 9.59 Å². The second kappa shape index (κ2) is 8.87. The van der Waals surface area contributed by atoms with Gasteiger partial charge in [-0.2, -0.15) is 0 Å². The van der Waals surface area contributed by atoms with E-state index in [2.05, 4.69) is 10.6 Å². The van der Waals surface area contributed by atoms with Crippen molar-refractivity contribution in [2.45, 2.75) is 26.8 Å². The highest BCUT2D eigenvalue weighted by molar-refractivity contribution is 5.88. The fourth-order valence-electron chi connectivity index (χ4n) is 2.52. The van der Waals surface area contributed by atoms with E-state index in [4.69, 9.17) is 0 Å². The molecule has 0 aromatic heterocycles. The van der Waals surface area contributed by atoms with Gasteiger partial charge in [0, 0.05) is 32.7 Å². The quantitative estimate of drug-likeness (QED) is 0.848. The van der Waals surface area contributed by atoms with Crippen molar-refractivity contribution in [3.05, 3.63) is 65.2 Å². The second-order valence-electron chi connectivity index (χ2n) is 6.14. The number of nitrogens with zero attached hydrogens (tertiary/aromatic N) is 1. The fraction of sp³-hybridized carbons (Fsp3) is 0.300. The van der Waals surface area contributed by atoms with Crippen molar-refractivity contribution in [2.24, 2.45) is 0 Å². The van der Waals surface area contributed by atoms with Crippen molar-refractivity contribution >= 4 is 17.6 Å². The topological polar surface area (TPSA) is 61.4 Å². The number of rotatable bonds is 6. The molecule has 0 aliphatic carbocycles. The Morgan fingerprint density at radius 2 is 1.72 bits per heavy atom. The van der Waals surface area contributed by atoms with Crippen molar-refractivity contribution in [1.29, 1.82) is 0 Å². The maximum absolute atomic E-state index is 12.2. The van der Waals surface area contributed by atoms with Gasteiger partial charge in [0.25, 0.3) is 0 Å². The number of carbonyl (C=O) groups excluding carboxylic acids is 2. The molecule has 0 heterocycles. The number of benzene rings is 2. The van der Waals surface area contributed by atoms with Gasteiger partial charge in [0.1, 0.15) is 0 Å². The normalized spacial score (nSPS) is 10.2. The predicted molar refractivity (Wildman–Crippen MR) is 100 cm³/mol. The minimum atomic E-state index is -0.0864. The molecule has 0 aliphatic rings. The third kappa shape index (κ3) is 5.95. The highest BCUT2D eigenvalue weighted by Gasteiger charge is 2.09. The lowest BCUT2D eigenvalue weighted by molar-refractivity contribution is -0.114. The van der Waals surface area contributed by atoms with E-state index in [0.717, 1.165) is 23.2 Å². The zero-order valence-corrected chi connectivity index (χ0v) is 15.0. The molecule has 2 N–H and O–H groups in total. The number of nitrogens with one attached hydrogen (secondary N) is 2. The lowest BCUT2D eigenvalue weighted by atomic mass is 10.1. The van der Waals surface area contributed by atoms with Crippen LogP contribution in [0.3, 0.4) is 0 Å². The minimum absolute atomic E-state index is 0.0851. The van der Waals surface area contributed by atoms with Gasteiger partial charge in [0.2, 0.25) is 5.91 Å². The fourth-order valence-corrected chi connectivity index (χ4v) is 2.52. The molecule has 0 saturated carbocycles. The van der Waals surface area contributed by atoms with Crippen molar-refractivity contribution in [2.75, 3.05) is 18.9 Å². The summed E-state index contributed by atoms with van der Waals surface area (Å²) in [4.78, 5) is 24.9. The number of hydrogen-bond acceptors (Lipinski definition) is 2. The summed E-state index contributed by atoms with van der Waals surface area (Å²) in [5, 5.41) is 5.67. The standard InChI is InChI=1S/C20H25N3O2/c1-15-6-4-5-7-18(15)14-23(3)20(25)21-13-12-17-8-10-19(11-9-17)22-16(2)24/h4-11H,12-14H2,1-3H3,(H,21,25)(H,22,24). The first kappa shape index (κ1) is 18.5. The summed E-state index contributed by atoms with van der Waals surface area (Å²) in [6.07, 6.45) is 0.740. The third-order valence-electron chi connectivity index (χ3n) is 3.98. The monoisotopic (exact) mass is 339 g/mol. The second-order valence-corrected chi connectivity index (χ2v) is 6.14. The summed E-state index contributed by atoms with van der Waals surface area (Å²) in [7, 11) is 1.80. The SMILES string of the molecule is CC(=O)Nc1ccc(CCNC(=O)N(C)Cc2ccccc2C)cc1. The molecule has 0 fully saturated rings. The Kier molecular flexibility index (Phi) is 6.57. The molecule has 5 nitrogen and oxygen atoms in total. The van der Waals surface area contributed by atoms with E-state index in [-0.39, 0.29) is 11.9 Å². The highest BCUT2D eigenvalue weighted by atomic mass is 16.2. The molecule has 0 unspecified atom stereocenters. The lowest BCUT2D eigenvalue weighted by Gasteiger charge is -2.19. The molecule has 5 heteroatoms. The predicted octanol–water partition coefficient (Wildman–Crippen LogP) is 3.34. The highest BCUT2D eigenvalue weighted by Crippen LogP contribution is 2.11. The van der Waals surface area contributed by atoms with Crippen molar-refractivity contribution in [3.63, 3.8) is 0 Å². The van der Waals surface area contributed by atoms with Gasteiger partial charge in [-0.25, -0.2) is 4.79 Å². The molecule has 3 amide bonds. The number of amides is 3. The van der Waals surface area contributed by atoms with E-state index in [0.29, 0.717) is 13.1 Å². The summed E-state index contributed by atoms with van der Waals surface area (Å²) >= 11 is 0. The molecule has 132 valence electrons. The molecule has 2 rings (SSSR count). The Morgan fingerprint density at radius 3 is 2.36 bits per heavy atom. The molecule has 0 spiro atoms. The van der Waals surface area contributed by atoms with Gasteiger partial charge >= 0.3 is 6.03 Å². The zero-order chi connectivity index (χ0) is 18.2. The van der Waals surface area contributed by atoms with Crippen LogP contribution in [0, 0.1) is 6.92 Å². The Balaban J connectivity index is 1.78. The first-order valence-corrected chi connectivity index (χ1v) is 8.35. The van der Waals surface area contributed by atoms with Gasteiger partial charge < -0.3 is 15.5 Å².